The van der Waals surface area contributed by atoms with Crippen molar-refractivity contribution in [1.82, 2.24) is 15.5 Å². The minimum atomic E-state index is -0.972. The molecule has 0 saturated carbocycles. The molecule has 2 heterocycles. The molecular formula is C17H21N3O5. The third kappa shape index (κ3) is 3.74. The van der Waals surface area contributed by atoms with Crippen molar-refractivity contribution in [1.29, 1.82) is 0 Å². The lowest BCUT2D eigenvalue weighted by Crippen LogP contribution is -2.64. The van der Waals surface area contributed by atoms with E-state index in [2.05, 4.69) is 10.6 Å². The molecule has 0 bridgehead atoms. The Kier molecular flexibility index (Phi) is 4.89. The number of ether oxygens (including phenoxy) is 1. The first-order chi connectivity index (χ1) is 12.0. The van der Waals surface area contributed by atoms with Crippen molar-refractivity contribution in [3.05, 3.63) is 35.9 Å². The SMILES string of the molecule is C[C@H](O)[C@H]1NC(=O)[C@@H]2C[C@H](NC(=O)OCc3ccccc3)CN2C1=O. The van der Waals surface area contributed by atoms with Gasteiger partial charge in [-0.15, -0.1) is 0 Å². The largest absolute Gasteiger partial charge is 0.445 e. The van der Waals surface area contributed by atoms with Gasteiger partial charge in [0.05, 0.1) is 12.1 Å². The molecule has 2 saturated heterocycles. The molecule has 0 radical (unpaired) electrons. The third-order valence-corrected chi connectivity index (χ3v) is 4.47. The van der Waals surface area contributed by atoms with E-state index in [1.54, 1.807) is 0 Å². The van der Waals surface area contributed by atoms with Gasteiger partial charge in [0.15, 0.2) is 0 Å². The number of amides is 3. The van der Waals surface area contributed by atoms with Crippen LogP contribution in [0.15, 0.2) is 30.3 Å². The first kappa shape index (κ1) is 17.2. The van der Waals surface area contributed by atoms with E-state index in [4.69, 9.17) is 4.74 Å². The van der Waals surface area contributed by atoms with Gasteiger partial charge in [-0.1, -0.05) is 30.3 Å². The Morgan fingerprint density at radius 1 is 1.40 bits per heavy atom. The Morgan fingerprint density at radius 3 is 2.80 bits per heavy atom. The number of carbonyl (C=O) groups excluding carboxylic acids is 3. The van der Waals surface area contributed by atoms with Crippen LogP contribution >= 0.6 is 0 Å². The number of rotatable bonds is 4. The van der Waals surface area contributed by atoms with E-state index < -0.39 is 24.3 Å². The lowest BCUT2D eigenvalue weighted by Gasteiger charge is -2.35. The first-order valence-corrected chi connectivity index (χ1v) is 8.22. The smallest absolute Gasteiger partial charge is 0.407 e. The Morgan fingerprint density at radius 2 is 2.12 bits per heavy atom. The van der Waals surface area contributed by atoms with Gasteiger partial charge < -0.3 is 25.4 Å². The molecule has 0 spiro atoms. The topological polar surface area (TPSA) is 108 Å². The number of carbonyl (C=O) groups is 3. The van der Waals surface area contributed by atoms with Crippen LogP contribution in [0.4, 0.5) is 4.79 Å². The second kappa shape index (κ2) is 7.10. The van der Waals surface area contributed by atoms with Crippen LogP contribution in [0.3, 0.4) is 0 Å². The molecule has 8 heteroatoms. The average molecular weight is 347 g/mol. The average Bonchev–Trinajstić information content (AvgIpc) is 3.01. The number of alkyl carbamates (subject to hydrolysis) is 1. The summed E-state index contributed by atoms with van der Waals surface area (Å²) in [5, 5.41) is 14.8. The van der Waals surface area contributed by atoms with E-state index in [1.165, 1.54) is 11.8 Å². The van der Waals surface area contributed by atoms with Crippen LogP contribution in [-0.4, -0.2) is 58.7 Å². The van der Waals surface area contributed by atoms with Crippen molar-refractivity contribution in [2.75, 3.05) is 6.54 Å². The molecule has 3 N–H and O–H groups in total. The van der Waals surface area contributed by atoms with Crippen molar-refractivity contribution >= 4 is 17.9 Å². The maximum absolute atomic E-state index is 12.3. The van der Waals surface area contributed by atoms with Crippen LogP contribution < -0.4 is 10.6 Å². The van der Waals surface area contributed by atoms with Crippen LogP contribution in [-0.2, 0) is 20.9 Å². The molecular weight excluding hydrogens is 326 g/mol. The van der Waals surface area contributed by atoms with Gasteiger partial charge in [-0.2, -0.15) is 0 Å². The summed E-state index contributed by atoms with van der Waals surface area (Å²) in [5.74, 6) is -0.644. The molecule has 2 aliphatic heterocycles. The van der Waals surface area contributed by atoms with Gasteiger partial charge >= 0.3 is 6.09 Å². The Bertz CT molecular complexity index is 664. The van der Waals surface area contributed by atoms with E-state index in [0.717, 1.165) is 5.56 Å². The zero-order chi connectivity index (χ0) is 18.0. The minimum absolute atomic E-state index is 0.149. The predicted molar refractivity (Wildman–Crippen MR) is 87.3 cm³/mol. The normalized spacial score (nSPS) is 26.6. The number of hydrogen-bond acceptors (Lipinski definition) is 5. The maximum Gasteiger partial charge on any atom is 0.407 e. The summed E-state index contributed by atoms with van der Waals surface area (Å²) in [5.41, 5.74) is 0.871. The van der Waals surface area contributed by atoms with Gasteiger partial charge in [-0.25, -0.2) is 4.79 Å². The zero-order valence-corrected chi connectivity index (χ0v) is 13.8. The highest BCUT2D eigenvalue weighted by Crippen LogP contribution is 2.23. The number of piperazine rings is 1. The Balaban J connectivity index is 1.54. The zero-order valence-electron chi connectivity index (χ0n) is 13.8. The van der Waals surface area contributed by atoms with E-state index in [9.17, 15) is 19.5 Å². The summed E-state index contributed by atoms with van der Waals surface area (Å²) in [7, 11) is 0. The van der Waals surface area contributed by atoms with Gasteiger partial charge in [0.2, 0.25) is 11.8 Å². The molecule has 8 nitrogen and oxygen atoms in total. The second-order valence-corrected chi connectivity index (χ2v) is 6.37. The van der Waals surface area contributed by atoms with Gasteiger partial charge in [0.1, 0.15) is 18.7 Å². The van der Waals surface area contributed by atoms with Gasteiger partial charge in [-0.05, 0) is 18.9 Å². The predicted octanol–water partition coefficient (Wildman–Crippen LogP) is -0.239. The first-order valence-electron chi connectivity index (χ1n) is 8.22. The fourth-order valence-electron chi connectivity index (χ4n) is 3.18. The summed E-state index contributed by atoms with van der Waals surface area (Å²) in [4.78, 5) is 37.8. The molecule has 3 amide bonds. The van der Waals surface area contributed by atoms with E-state index in [-0.39, 0.29) is 31.0 Å². The molecule has 1 aromatic rings. The number of aliphatic hydroxyl groups is 1. The van der Waals surface area contributed by atoms with Crippen molar-refractivity contribution in [3.8, 4) is 0 Å². The number of nitrogens with zero attached hydrogens (tertiary/aromatic N) is 1. The maximum atomic E-state index is 12.3. The van der Waals surface area contributed by atoms with Crippen LogP contribution in [0.25, 0.3) is 0 Å². The van der Waals surface area contributed by atoms with Crippen molar-refractivity contribution in [2.24, 2.45) is 0 Å². The molecule has 0 unspecified atom stereocenters. The molecule has 2 fully saturated rings. The van der Waals surface area contributed by atoms with Gasteiger partial charge in [0.25, 0.3) is 0 Å². The van der Waals surface area contributed by atoms with E-state index >= 15 is 0 Å². The van der Waals surface area contributed by atoms with Crippen molar-refractivity contribution in [2.45, 2.75) is 44.2 Å². The lowest BCUT2D eigenvalue weighted by atomic mass is 10.0. The number of fused-ring (bicyclic) bond motifs is 1. The highest BCUT2D eigenvalue weighted by atomic mass is 16.5. The molecule has 0 aromatic heterocycles. The molecule has 134 valence electrons. The van der Waals surface area contributed by atoms with Crippen LogP contribution in [0, 0.1) is 0 Å². The Hall–Kier alpha value is -2.61. The number of hydrogen-bond donors (Lipinski definition) is 3. The quantitative estimate of drug-likeness (QED) is 0.697. The van der Waals surface area contributed by atoms with Crippen molar-refractivity contribution in [3.63, 3.8) is 0 Å². The third-order valence-electron chi connectivity index (χ3n) is 4.47. The minimum Gasteiger partial charge on any atom is -0.445 e. The second-order valence-electron chi connectivity index (χ2n) is 6.37. The monoisotopic (exact) mass is 347 g/mol. The molecule has 1 aromatic carbocycles. The number of nitrogens with one attached hydrogen (secondary N) is 2. The number of benzene rings is 1. The standard InChI is InChI=1S/C17H21N3O5/c1-10(21)14-16(23)20-8-12(7-13(20)15(22)19-14)18-17(24)25-9-11-5-3-2-4-6-11/h2-6,10,12-14,21H,7-9H2,1H3,(H,18,24)(H,19,22)/t10-,12-,13-,14+/m0/s1. The van der Waals surface area contributed by atoms with Crippen molar-refractivity contribution < 1.29 is 24.2 Å². The highest BCUT2D eigenvalue weighted by Gasteiger charge is 2.47. The molecule has 2 aliphatic rings. The summed E-state index contributed by atoms with van der Waals surface area (Å²) in [6.45, 7) is 1.83. The van der Waals surface area contributed by atoms with Crippen LogP contribution in [0.5, 0.6) is 0 Å². The lowest BCUT2D eigenvalue weighted by molar-refractivity contribution is -0.149. The Labute approximate surface area is 145 Å². The summed E-state index contributed by atoms with van der Waals surface area (Å²) >= 11 is 0. The number of aliphatic hydroxyl groups excluding tert-OH is 1. The fraction of sp³-hybridized carbons (Fsp3) is 0.471. The molecule has 4 atom stereocenters. The van der Waals surface area contributed by atoms with Gasteiger partial charge in [-0.3, -0.25) is 9.59 Å². The highest BCUT2D eigenvalue weighted by molar-refractivity contribution is 5.98. The molecule has 0 aliphatic carbocycles. The fourth-order valence-corrected chi connectivity index (χ4v) is 3.18. The molecule has 25 heavy (non-hydrogen) atoms. The van der Waals surface area contributed by atoms with Crippen LogP contribution in [0.1, 0.15) is 18.9 Å². The summed E-state index contributed by atoms with van der Waals surface area (Å²) in [6.07, 6.45) is -1.24. The van der Waals surface area contributed by atoms with Crippen LogP contribution in [0.2, 0.25) is 0 Å². The van der Waals surface area contributed by atoms with E-state index in [0.29, 0.717) is 6.42 Å². The van der Waals surface area contributed by atoms with Gasteiger partial charge in [0, 0.05) is 6.54 Å². The summed E-state index contributed by atoms with van der Waals surface area (Å²) < 4.78 is 5.16. The summed E-state index contributed by atoms with van der Waals surface area (Å²) in [6, 6.07) is 7.36. The molecule has 3 rings (SSSR count). The van der Waals surface area contributed by atoms with E-state index in [1.807, 2.05) is 30.3 Å².